The van der Waals surface area contributed by atoms with Crippen LogP contribution in [0.15, 0.2) is 34.1 Å². The predicted molar refractivity (Wildman–Crippen MR) is 154 cm³/mol. The summed E-state index contributed by atoms with van der Waals surface area (Å²) in [6.45, 7) is 11.6. The van der Waals surface area contributed by atoms with Gasteiger partial charge in [0.2, 0.25) is 0 Å². The third kappa shape index (κ3) is 7.07. The fourth-order valence-corrected chi connectivity index (χ4v) is 6.27. The number of ether oxygens (including phenoxy) is 1. The minimum absolute atomic E-state index is 0.163. The molecule has 1 aliphatic heterocycles. The second kappa shape index (κ2) is 11.6. The molecule has 4 rings (SSSR count). The number of carbonyl (C=O) groups is 3. The maximum absolute atomic E-state index is 13.3. The third-order valence-corrected chi connectivity index (χ3v) is 8.62. The lowest BCUT2D eigenvalue weighted by molar-refractivity contribution is 0.00692. The molecule has 0 unspecified atom stereocenters. The van der Waals surface area contributed by atoms with Gasteiger partial charge in [0.15, 0.2) is 5.01 Å². The fourth-order valence-electron chi connectivity index (χ4n) is 3.94. The zero-order valence-corrected chi connectivity index (χ0v) is 25.2. The number of fused-ring (bicyclic) bond motifs is 1. The van der Waals surface area contributed by atoms with E-state index in [1.807, 2.05) is 6.07 Å². The van der Waals surface area contributed by atoms with Crippen LogP contribution in [0.3, 0.4) is 0 Å². The predicted octanol–water partition coefficient (Wildman–Crippen LogP) is 5.87. The number of rotatable bonds is 7. The van der Waals surface area contributed by atoms with Crippen LogP contribution >= 0.6 is 38.6 Å². The summed E-state index contributed by atoms with van der Waals surface area (Å²) < 4.78 is 6.37. The van der Waals surface area contributed by atoms with Gasteiger partial charge in [0.05, 0.1) is 19.9 Å². The standard InChI is InChI=1S/C27H31BrN4O4S2/c1-15(2)32-11-10-18-21(14-32)38-25(31-18)24(34)30-19-12-16(26(35)36-27(3,4)5)6-7-17(19)13-29-23(33)20-8-9-22(28)37-20/h6-9,12,15H,10-11,13-14H2,1-5H3,(H,29,33)(H,30,34). The number of benzene rings is 1. The van der Waals surface area contributed by atoms with Crippen LogP contribution < -0.4 is 10.6 Å². The molecule has 0 atom stereocenters. The zero-order chi connectivity index (χ0) is 27.6. The van der Waals surface area contributed by atoms with Gasteiger partial charge in [0.25, 0.3) is 11.8 Å². The fraction of sp³-hybridized carbons (Fsp3) is 0.407. The summed E-state index contributed by atoms with van der Waals surface area (Å²) in [5, 5.41) is 6.19. The first-order valence-electron chi connectivity index (χ1n) is 12.3. The molecule has 0 bridgehead atoms. The topological polar surface area (TPSA) is 101 Å². The smallest absolute Gasteiger partial charge is 0.338 e. The molecule has 38 heavy (non-hydrogen) atoms. The maximum atomic E-state index is 13.3. The normalized spacial score (nSPS) is 13.8. The molecular formula is C27H31BrN4O4S2. The quantitative estimate of drug-likeness (QED) is 0.321. The van der Waals surface area contributed by atoms with Crippen LogP contribution in [0.25, 0.3) is 0 Å². The first-order chi connectivity index (χ1) is 17.9. The highest BCUT2D eigenvalue weighted by Gasteiger charge is 2.25. The summed E-state index contributed by atoms with van der Waals surface area (Å²) in [6, 6.07) is 8.91. The number of hydrogen-bond donors (Lipinski definition) is 2. The number of thiazole rings is 1. The summed E-state index contributed by atoms with van der Waals surface area (Å²) >= 11 is 6.10. The third-order valence-electron chi connectivity index (χ3n) is 5.91. The van der Waals surface area contributed by atoms with E-state index < -0.39 is 11.6 Å². The van der Waals surface area contributed by atoms with Gasteiger partial charge in [-0.2, -0.15) is 0 Å². The molecule has 2 aromatic heterocycles. The number of esters is 1. The molecule has 2 amide bonds. The van der Waals surface area contributed by atoms with Crippen molar-refractivity contribution >= 4 is 62.1 Å². The van der Waals surface area contributed by atoms with E-state index >= 15 is 0 Å². The molecule has 8 nitrogen and oxygen atoms in total. The van der Waals surface area contributed by atoms with Gasteiger partial charge in [-0.1, -0.05) is 6.07 Å². The van der Waals surface area contributed by atoms with Crippen LogP contribution in [0, 0.1) is 0 Å². The van der Waals surface area contributed by atoms with Gasteiger partial charge < -0.3 is 15.4 Å². The number of amides is 2. The molecule has 0 saturated carbocycles. The molecule has 0 aliphatic carbocycles. The van der Waals surface area contributed by atoms with Gasteiger partial charge in [-0.15, -0.1) is 22.7 Å². The SMILES string of the molecule is CC(C)N1CCc2nc(C(=O)Nc3cc(C(=O)OC(C)(C)C)ccc3CNC(=O)c3ccc(Br)s3)sc2C1. The van der Waals surface area contributed by atoms with Crippen molar-refractivity contribution in [2.45, 2.75) is 65.8 Å². The van der Waals surface area contributed by atoms with Gasteiger partial charge in [-0.25, -0.2) is 9.78 Å². The molecule has 1 aromatic carbocycles. The maximum Gasteiger partial charge on any atom is 0.338 e. The number of carbonyl (C=O) groups excluding carboxylic acids is 3. The van der Waals surface area contributed by atoms with Crippen molar-refractivity contribution in [3.8, 4) is 0 Å². The minimum Gasteiger partial charge on any atom is -0.456 e. The summed E-state index contributed by atoms with van der Waals surface area (Å²) in [6.07, 6.45) is 0.807. The van der Waals surface area contributed by atoms with Crippen molar-refractivity contribution in [1.29, 1.82) is 0 Å². The Labute approximate surface area is 238 Å². The Morgan fingerprint density at radius 1 is 1.13 bits per heavy atom. The van der Waals surface area contributed by atoms with E-state index in [2.05, 4.69) is 50.3 Å². The largest absolute Gasteiger partial charge is 0.456 e. The van der Waals surface area contributed by atoms with Gasteiger partial charge in [-0.3, -0.25) is 14.5 Å². The van der Waals surface area contributed by atoms with Crippen molar-refractivity contribution in [2.75, 3.05) is 11.9 Å². The Balaban J connectivity index is 1.56. The Morgan fingerprint density at radius 2 is 1.89 bits per heavy atom. The number of nitrogens with zero attached hydrogens (tertiary/aromatic N) is 2. The van der Waals surface area contributed by atoms with Crippen LogP contribution in [0.1, 0.15) is 80.6 Å². The molecule has 2 N–H and O–H groups in total. The van der Waals surface area contributed by atoms with E-state index in [9.17, 15) is 14.4 Å². The Bertz CT molecular complexity index is 1360. The lowest BCUT2D eigenvalue weighted by atomic mass is 10.1. The summed E-state index contributed by atoms with van der Waals surface area (Å²) in [5.41, 5.74) is 1.68. The first kappa shape index (κ1) is 28.4. The van der Waals surface area contributed by atoms with Crippen LogP contribution in [0.4, 0.5) is 5.69 Å². The number of nitrogens with one attached hydrogen (secondary N) is 2. The van der Waals surface area contributed by atoms with Crippen molar-refractivity contribution in [2.24, 2.45) is 0 Å². The van der Waals surface area contributed by atoms with E-state index in [0.717, 1.165) is 33.9 Å². The lowest BCUT2D eigenvalue weighted by Crippen LogP contribution is -2.35. The van der Waals surface area contributed by atoms with Crippen molar-refractivity contribution < 1.29 is 19.1 Å². The van der Waals surface area contributed by atoms with Crippen LogP contribution in [0.2, 0.25) is 0 Å². The number of halogens is 1. The second-order valence-corrected chi connectivity index (χ2v) is 13.9. The van der Waals surface area contributed by atoms with Crippen LogP contribution in [-0.2, 0) is 24.2 Å². The molecule has 202 valence electrons. The molecule has 0 radical (unpaired) electrons. The zero-order valence-electron chi connectivity index (χ0n) is 22.0. The number of aromatic nitrogens is 1. The van der Waals surface area contributed by atoms with E-state index in [1.54, 1.807) is 45.0 Å². The van der Waals surface area contributed by atoms with Crippen molar-refractivity contribution in [3.63, 3.8) is 0 Å². The Morgan fingerprint density at radius 3 is 2.55 bits per heavy atom. The van der Waals surface area contributed by atoms with Gasteiger partial charge in [0.1, 0.15) is 5.60 Å². The summed E-state index contributed by atoms with van der Waals surface area (Å²) in [5.74, 6) is -1.07. The minimum atomic E-state index is -0.661. The lowest BCUT2D eigenvalue weighted by Gasteiger charge is -2.29. The van der Waals surface area contributed by atoms with Crippen LogP contribution in [-0.4, -0.2) is 45.9 Å². The van der Waals surface area contributed by atoms with E-state index in [0.29, 0.717) is 32.7 Å². The molecule has 3 aromatic rings. The van der Waals surface area contributed by atoms with E-state index in [4.69, 9.17) is 4.74 Å². The number of hydrogen-bond acceptors (Lipinski definition) is 8. The number of anilines is 1. The number of thiophene rings is 1. The summed E-state index contributed by atoms with van der Waals surface area (Å²) in [4.78, 5) is 47.3. The molecule has 3 heterocycles. The molecular weight excluding hydrogens is 588 g/mol. The van der Waals surface area contributed by atoms with Gasteiger partial charge in [0, 0.05) is 42.7 Å². The summed E-state index contributed by atoms with van der Waals surface area (Å²) in [7, 11) is 0. The van der Waals surface area contributed by atoms with Crippen molar-refractivity contribution in [3.05, 3.63) is 65.7 Å². The Kier molecular flexibility index (Phi) is 8.71. The highest BCUT2D eigenvalue weighted by molar-refractivity contribution is 9.11. The first-order valence-corrected chi connectivity index (χ1v) is 14.8. The van der Waals surface area contributed by atoms with Gasteiger partial charge >= 0.3 is 5.97 Å². The highest BCUT2D eigenvalue weighted by Crippen LogP contribution is 2.28. The molecule has 0 saturated heterocycles. The second-order valence-electron chi connectivity index (χ2n) is 10.3. The monoisotopic (exact) mass is 618 g/mol. The average molecular weight is 620 g/mol. The van der Waals surface area contributed by atoms with Gasteiger partial charge in [-0.05, 0) is 80.4 Å². The van der Waals surface area contributed by atoms with E-state index in [-0.39, 0.29) is 18.4 Å². The van der Waals surface area contributed by atoms with E-state index in [1.165, 1.54) is 22.7 Å². The highest BCUT2D eigenvalue weighted by atomic mass is 79.9. The average Bonchev–Trinajstić information content (AvgIpc) is 3.47. The molecule has 0 spiro atoms. The van der Waals surface area contributed by atoms with Crippen LogP contribution in [0.5, 0.6) is 0 Å². The Hall–Kier alpha value is -2.60. The molecule has 1 aliphatic rings. The molecule has 11 heteroatoms. The van der Waals surface area contributed by atoms with Crippen molar-refractivity contribution in [1.82, 2.24) is 15.2 Å². The molecule has 0 fully saturated rings.